The van der Waals surface area contributed by atoms with E-state index in [-0.39, 0.29) is 0 Å². The molecule has 3 rings (SSSR count). The second-order valence-electron chi connectivity index (χ2n) is 6.44. The van der Waals surface area contributed by atoms with Gasteiger partial charge >= 0.3 is 0 Å². The highest BCUT2D eigenvalue weighted by Gasteiger charge is 2.12. The van der Waals surface area contributed by atoms with Crippen LogP contribution in [0.1, 0.15) is 16.0 Å². The van der Waals surface area contributed by atoms with Crippen LogP contribution in [0.2, 0.25) is 0 Å². The van der Waals surface area contributed by atoms with Gasteiger partial charge in [0.1, 0.15) is 17.0 Å². The van der Waals surface area contributed by atoms with Crippen LogP contribution in [-0.4, -0.2) is 24.1 Å². The van der Waals surface area contributed by atoms with Gasteiger partial charge in [-0.05, 0) is 50.6 Å². The average Bonchev–Trinajstić information content (AvgIpc) is 3.01. The summed E-state index contributed by atoms with van der Waals surface area (Å²) in [6, 6.07) is 13.5. The number of ether oxygens (including phenoxy) is 2. The predicted molar refractivity (Wildman–Crippen MR) is 114 cm³/mol. The molecule has 1 heterocycles. The second-order valence-corrected chi connectivity index (χ2v) is 7.63. The van der Waals surface area contributed by atoms with Crippen molar-refractivity contribution >= 4 is 28.9 Å². The van der Waals surface area contributed by atoms with E-state index in [4.69, 9.17) is 19.9 Å². The Morgan fingerprint density at radius 2 is 1.82 bits per heavy atom. The lowest BCUT2D eigenvalue weighted by Crippen LogP contribution is -2.28. The Bertz CT molecular complexity index is 1080. The van der Waals surface area contributed by atoms with Crippen molar-refractivity contribution in [3.63, 3.8) is 0 Å². The molecule has 0 radical (unpaired) electrons. The number of aryl methyl sites for hydroxylation is 3. The molecule has 0 aliphatic carbocycles. The molecule has 0 saturated heterocycles. The maximum atomic E-state index is 8.31. The zero-order valence-electron chi connectivity index (χ0n) is 16.7. The summed E-state index contributed by atoms with van der Waals surface area (Å²) in [5, 5.41) is 11.6. The normalized spacial score (nSPS) is 11.4. The number of nitrogens with one attached hydrogen (secondary N) is 2. The van der Waals surface area contributed by atoms with Gasteiger partial charge < -0.3 is 14.8 Å². The first-order chi connectivity index (χ1) is 13.4. The molecule has 0 spiro atoms. The van der Waals surface area contributed by atoms with Crippen molar-refractivity contribution < 1.29 is 9.47 Å². The Hall–Kier alpha value is -3.06. The molecule has 0 aliphatic rings. The van der Waals surface area contributed by atoms with E-state index in [1.165, 1.54) is 17.1 Å². The van der Waals surface area contributed by atoms with Gasteiger partial charge in [0.25, 0.3) is 0 Å². The largest absolute Gasteiger partial charge is 0.497 e. The van der Waals surface area contributed by atoms with Gasteiger partial charge in [-0.3, -0.25) is 5.41 Å². The molecule has 2 aromatic carbocycles. The van der Waals surface area contributed by atoms with E-state index >= 15 is 0 Å². The Morgan fingerprint density at radius 1 is 1.04 bits per heavy atom. The van der Waals surface area contributed by atoms with Gasteiger partial charge in [-0.25, -0.2) is 8.95 Å². The van der Waals surface area contributed by atoms with E-state index in [1.54, 1.807) is 18.2 Å². The minimum Gasteiger partial charge on any atom is -0.497 e. The number of benzene rings is 2. The summed E-state index contributed by atoms with van der Waals surface area (Å²) in [7, 11) is 3.23. The van der Waals surface area contributed by atoms with E-state index in [1.807, 2.05) is 50.2 Å². The van der Waals surface area contributed by atoms with Gasteiger partial charge in [-0.1, -0.05) is 29.2 Å². The molecule has 2 N–H and O–H groups in total. The van der Waals surface area contributed by atoms with E-state index < -0.39 is 0 Å². The number of hydrogen-bond acceptors (Lipinski definition) is 5. The number of anilines is 1. The lowest BCUT2D eigenvalue weighted by molar-refractivity contribution is 0.395. The highest BCUT2D eigenvalue weighted by Crippen LogP contribution is 2.30. The summed E-state index contributed by atoms with van der Waals surface area (Å²) in [6.07, 6.45) is 0. The van der Waals surface area contributed by atoms with E-state index in [0.29, 0.717) is 22.9 Å². The number of aliphatic imine (C=N–C) groups is 1. The fraction of sp³-hybridized carbons (Fsp3) is 0.238. The monoisotopic (exact) mass is 396 g/mol. The Balaban J connectivity index is 2.11. The van der Waals surface area contributed by atoms with Crippen molar-refractivity contribution in [2.24, 2.45) is 4.99 Å². The molecule has 0 bridgehead atoms. The van der Waals surface area contributed by atoms with Gasteiger partial charge in [0, 0.05) is 10.9 Å². The number of aromatic nitrogens is 1. The van der Waals surface area contributed by atoms with Crippen molar-refractivity contribution in [3.05, 3.63) is 64.0 Å². The highest BCUT2D eigenvalue weighted by atomic mass is 32.1. The molecule has 0 unspecified atom stereocenters. The first-order valence-electron chi connectivity index (χ1n) is 8.81. The van der Waals surface area contributed by atoms with Crippen molar-refractivity contribution in [1.29, 1.82) is 5.41 Å². The zero-order valence-corrected chi connectivity index (χ0v) is 17.5. The number of nitrogens with zero attached hydrogens (tertiary/aromatic N) is 2. The molecule has 0 fully saturated rings. The summed E-state index contributed by atoms with van der Waals surface area (Å²) in [5.41, 5.74) is 4.21. The highest BCUT2D eigenvalue weighted by molar-refractivity contribution is 7.07. The average molecular weight is 397 g/mol. The standard InChI is InChI=1S/C21H24N4O2S/c1-13-6-8-17(14(2)10-13)23-21(25-20(22)11-15(3)28-25)24-18-9-7-16(26-4)12-19(18)27-5/h6-12,22H,1-5H3,(H,23,24). The first-order valence-corrected chi connectivity index (χ1v) is 9.58. The SMILES string of the molecule is COc1ccc(NC(=Nc2ccc(C)cc2C)n2sc(C)cc2=N)c(OC)c1. The maximum Gasteiger partial charge on any atom is 0.223 e. The molecule has 6 nitrogen and oxygen atoms in total. The van der Waals surface area contributed by atoms with Crippen LogP contribution < -0.4 is 20.3 Å². The molecule has 7 heteroatoms. The fourth-order valence-corrected chi connectivity index (χ4v) is 3.60. The number of rotatable bonds is 4. The smallest absolute Gasteiger partial charge is 0.223 e. The maximum absolute atomic E-state index is 8.31. The topological polar surface area (TPSA) is 71.6 Å². The molecular weight excluding hydrogens is 372 g/mol. The Kier molecular flexibility index (Phi) is 5.84. The van der Waals surface area contributed by atoms with Crippen LogP contribution in [-0.2, 0) is 0 Å². The molecule has 146 valence electrons. The van der Waals surface area contributed by atoms with Crippen LogP contribution in [0.4, 0.5) is 11.4 Å². The minimum absolute atomic E-state index is 0.367. The predicted octanol–water partition coefficient (Wildman–Crippen LogP) is 4.62. The molecule has 0 saturated carbocycles. The van der Waals surface area contributed by atoms with Crippen molar-refractivity contribution in [1.82, 2.24) is 3.96 Å². The van der Waals surface area contributed by atoms with Gasteiger partial charge in [0.2, 0.25) is 5.96 Å². The third-order valence-corrected chi connectivity index (χ3v) is 5.18. The van der Waals surface area contributed by atoms with Crippen molar-refractivity contribution in [2.75, 3.05) is 19.5 Å². The summed E-state index contributed by atoms with van der Waals surface area (Å²) in [6.45, 7) is 6.06. The number of methoxy groups -OCH3 is 2. The van der Waals surface area contributed by atoms with Crippen molar-refractivity contribution in [3.8, 4) is 11.5 Å². The van der Waals surface area contributed by atoms with Crippen LogP contribution in [0.15, 0.2) is 47.5 Å². The summed E-state index contributed by atoms with van der Waals surface area (Å²) < 4.78 is 12.5. The van der Waals surface area contributed by atoms with E-state index in [9.17, 15) is 0 Å². The second kappa shape index (κ2) is 8.31. The van der Waals surface area contributed by atoms with Gasteiger partial charge in [0.15, 0.2) is 0 Å². The van der Waals surface area contributed by atoms with Crippen molar-refractivity contribution in [2.45, 2.75) is 20.8 Å². The molecule has 3 aromatic rings. The summed E-state index contributed by atoms with van der Waals surface area (Å²) in [4.78, 5) is 5.86. The third kappa shape index (κ3) is 4.26. The number of hydrogen-bond donors (Lipinski definition) is 2. The minimum atomic E-state index is 0.367. The van der Waals surface area contributed by atoms with Crippen LogP contribution >= 0.6 is 11.5 Å². The summed E-state index contributed by atoms with van der Waals surface area (Å²) >= 11 is 1.46. The first kappa shape index (κ1) is 19.7. The van der Waals surface area contributed by atoms with Gasteiger partial charge in [0.05, 0.1) is 25.6 Å². The Morgan fingerprint density at radius 3 is 2.43 bits per heavy atom. The zero-order chi connectivity index (χ0) is 20.3. The van der Waals surface area contributed by atoms with Gasteiger partial charge in [-0.15, -0.1) is 0 Å². The molecule has 1 aromatic heterocycles. The molecule has 0 atom stereocenters. The van der Waals surface area contributed by atoms with Crippen LogP contribution in [0, 0.1) is 26.2 Å². The van der Waals surface area contributed by atoms with Crippen LogP contribution in [0.3, 0.4) is 0 Å². The lowest BCUT2D eigenvalue weighted by Gasteiger charge is -2.15. The van der Waals surface area contributed by atoms with Crippen LogP contribution in [0.5, 0.6) is 11.5 Å². The van der Waals surface area contributed by atoms with Gasteiger partial charge in [-0.2, -0.15) is 0 Å². The Labute approximate surface area is 168 Å². The quantitative estimate of drug-likeness (QED) is 0.499. The molecule has 0 aliphatic heterocycles. The van der Waals surface area contributed by atoms with E-state index in [2.05, 4.69) is 18.3 Å². The third-order valence-electron chi connectivity index (χ3n) is 4.22. The summed E-state index contributed by atoms with van der Waals surface area (Å²) in [5.74, 6) is 1.88. The fourth-order valence-electron chi connectivity index (χ4n) is 2.82. The van der Waals surface area contributed by atoms with E-state index in [0.717, 1.165) is 21.8 Å². The lowest BCUT2D eigenvalue weighted by atomic mass is 10.1. The molecule has 28 heavy (non-hydrogen) atoms. The molecular formula is C21H24N4O2S. The molecule has 0 amide bonds. The van der Waals surface area contributed by atoms with Crippen LogP contribution in [0.25, 0.3) is 0 Å².